The van der Waals surface area contributed by atoms with Crippen LogP contribution in [0.1, 0.15) is 21.5 Å². The number of rotatable bonds is 6. The molecule has 3 aromatic carbocycles. The van der Waals surface area contributed by atoms with E-state index in [1.54, 1.807) is 41.3 Å². The molecule has 0 aliphatic rings. The van der Waals surface area contributed by atoms with E-state index < -0.39 is 0 Å². The molecule has 0 aliphatic carbocycles. The van der Waals surface area contributed by atoms with Crippen molar-refractivity contribution in [3.05, 3.63) is 83.4 Å². The van der Waals surface area contributed by atoms with E-state index >= 15 is 0 Å². The number of thioether (sulfide) groups is 1. The SMILES string of the molecule is O=C(N/N=C/c1ccc(O)c(O)c1)c1ccc(CSc2nc3ccccc3s2)cc1. The fourth-order valence-electron chi connectivity index (χ4n) is 2.66. The number of thiazole rings is 1. The van der Waals surface area contributed by atoms with Crippen molar-refractivity contribution in [1.82, 2.24) is 10.4 Å². The predicted octanol–water partition coefficient (Wildman–Crippen LogP) is 4.76. The summed E-state index contributed by atoms with van der Waals surface area (Å²) in [6.07, 6.45) is 1.39. The number of carbonyl (C=O) groups is 1. The number of phenolic OH excluding ortho intramolecular Hbond substituents is 2. The average Bonchev–Trinajstić information content (AvgIpc) is 3.18. The first-order valence-electron chi connectivity index (χ1n) is 9.01. The van der Waals surface area contributed by atoms with Gasteiger partial charge in [0.15, 0.2) is 15.8 Å². The Morgan fingerprint density at radius 1 is 1.07 bits per heavy atom. The summed E-state index contributed by atoms with van der Waals surface area (Å²) in [6.45, 7) is 0. The lowest BCUT2D eigenvalue weighted by Crippen LogP contribution is -2.17. The molecule has 8 heteroatoms. The maximum atomic E-state index is 12.2. The Labute approximate surface area is 180 Å². The number of hydrazone groups is 1. The molecule has 3 N–H and O–H groups in total. The van der Waals surface area contributed by atoms with E-state index in [0.29, 0.717) is 11.1 Å². The van der Waals surface area contributed by atoms with Gasteiger partial charge in [-0.1, -0.05) is 36.0 Å². The van der Waals surface area contributed by atoms with Gasteiger partial charge in [-0.15, -0.1) is 11.3 Å². The van der Waals surface area contributed by atoms with Crippen molar-refractivity contribution in [3.63, 3.8) is 0 Å². The van der Waals surface area contributed by atoms with Crippen LogP contribution in [0.4, 0.5) is 0 Å². The van der Waals surface area contributed by atoms with Crippen LogP contribution in [0.15, 0.2) is 76.2 Å². The number of aromatic hydroxyl groups is 2. The molecule has 1 aromatic heterocycles. The van der Waals surface area contributed by atoms with Gasteiger partial charge in [-0.05, 0) is 53.6 Å². The minimum atomic E-state index is -0.334. The molecule has 0 bridgehead atoms. The van der Waals surface area contributed by atoms with Crippen LogP contribution in [-0.4, -0.2) is 27.3 Å². The zero-order valence-corrected chi connectivity index (χ0v) is 17.3. The molecule has 1 amide bonds. The van der Waals surface area contributed by atoms with Crippen molar-refractivity contribution in [2.24, 2.45) is 5.10 Å². The Balaban J connectivity index is 1.32. The Kier molecular flexibility index (Phi) is 5.97. The minimum Gasteiger partial charge on any atom is -0.504 e. The Morgan fingerprint density at radius 3 is 2.63 bits per heavy atom. The minimum absolute atomic E-state index is 0.211. The van der Waals surface area contributed by atoms with Crippen molar-refractivity contribution in [2.75, 3.05) is 0 Å². The van der Waals surface area contributed by atoms with Crippen LogP contribution >= 0.6 is 23.1 Å². The van der Waals surface area contributed by atoms with E-state index in [2.05, 4.69) is 21.6 Å². The van der Waals surface area contributed by atoms with E-state index in [-0.39, 0.29) is 17.4 Å². The second kappa shape index (κ2) is 8.98. The van der Waals surface area contributed by atoms with Crippen LogP contribution in [0.25, 0.3) is 10.2 Å². The zero-order chi connectivity index (χ0) is 20.9. The van der Waals surface area contributed by atoms with Crippen molar-refractivity contribution in [1.29, 1.82) is 0 Å². The summed E-state index contributed by atoms with van der Waals surface area (Å²) in [6, 6.07) is 19.7. The van der Waals surface area contributed by atoms with Gasteiger partial charge < -0.3 is 10.2 Å². The quantitative estimate of drug-likeness (QED) is 0.176. The van der Waals surface area contributed by atoms with E-state index in [4.69, 9.17) is 0 Å². The van der Waals surface area contributed by atoms with Crippen molar-refractivity contribution >= 4 is 45.4 Å². The maximum Gasteiger partial charge on any atom is 0.271 e. The van der Waals surface area contributed by atoms with Crippen LogP contribution in [0.2, 0.25) is 0 Å². The van der Waals surface area contributed by atoms with Gasteiger partial charge >= 0.3 is 0 Å². The third kappa shape index (κ3) is 4.79. The molecule has 0 unspecified atom stereocenters. The molecule has 0 fully saturated rings. The molecule has 0 saturated heterocycles. The number of nitrogens with one attached hydrogen (secondary N) is 1. The molecule has 150 valence electrons. The lowest BCUT2D eigenvalue weighted by Gasteiger charge is -2.03. The average molecular weight is 436 g/mol. The van der Waals surface area contributed by atoms with E-state index in [1.807, 2.05) is 30.3 Å². The van der Waals surface area contributed by atoms with Crippen LogP contribution in [0.5, 0.6) is 11.5 Å². The van der Waals surface area contributed by atoms with Crippen molar-refractivity contribution < 1.29 is 15.0 Å². The second-order valence-corrected chi connectivity index (χ2v) is 8.63. The molecule has 6 nitrogen and oxygen atoms in total. The number of hydrogen-bond acceptors (Lipinski definition) is 7. The standard InChI is InChI=1S/C22H17N3O3S2/c26-18-10-7-15(11-19(18)27)12-23-25-21(28)16-8-5-14(6-9-16)13-29-22-24-17-3-1-2-4-20(17)30-22/h1-12,26-27H,13H2,(H,25,28)/b23-12+. The Hall–Kier alpha value is -3.36. The zero-order valence-electron chi connectivity index (χ0n) is 15.6. The van der Waals surface area contributed by atoms with Gasteiger partial charge in [-0.3, -0.25) is 4.79 Å². The molecule has 1 heterocycles. The third-order valence-corrected chi connectivity index (χ3v) is 6.48. The summed E-state index contributed by atoms with van der Waals surface area (Å²) in [5.41, 5.74) is 5.60. The summed E-state index contributed by atoms with van der Waals surface area (Å²) < 4.78 is 2.20. The number of phenols is 2. The lowest BCUT2D eigenvalue weighted by molar-refractivity contribution is 0.0955. The number of hydrogen-bond donors (Lipinski definition) is 3. The normalized spacial score (nSPS) is 11.2. The van der Waals surface area contributed by atoms with Gasteiger partial charge in [0.05, 0.1) is 16.4 Å². The number of benzene rings is 3. The molecule has 0 atom stereocenters. The van der Waals surface area contributed by atoms with Gasteiger partial charge in [0.1, 0.15) is 0 Å². The fraction of sp³-hybridized carbons (Fsp3) is 0.0455. The maximum absolute atomic E-state index is 12.2. The van der Waals surface area contributed by atoms with Gasteiger partial charge in [0.25, 0.3) is 5.91 Å². The van der Waals surface area contributed by atoms with Gasteiger partial charge in [-0.25, -0.2) is 10.4 Å². The van der Waals surface area contributed by atoms with Crippen molar-refractivity contribution in [2.45, 2.75) is 10.1 Å². The predicted molar refractivity (Wildman–Crippen MR) is 120 cm³/mol. The molecule has 0 radical (unpaired) electrons. The molecule has 4 aromatic rings. The number of fused-ring (bicyclic) bond motifs is 1. The monoisotopic (exact) mass is 435 g/mol. The van der Waals surface area contributed by atoms with E-state index in [1.165, 1.54) is 23.0 Å². The van der Waals surface area contributed by atoms with Crippen LogP contribution in [-0.2, 0) is 5.75 Å². The smallest absolute Gasteiger partial charge is 0.271 e. The lowest BCUT2D eigenvalue weighted by atomic mass is 10.1. The topological polar surface area (TPSA) is 94.8 Å². The first-order chi connectivity index (χ1) is 14.6. The van der Waals surface area contributed by atoms with Gasteiger partial charge in [0, 0.05) is 11.3 Å². The Morgan fingerprint density at radius 2 is 1.87 bits per heavy atom. The van der Waals surface area contributed by atoms with Gasteiger partial charge in [0.2, 0.25) is 0 Å². The van der Waals surface area contributed by atoms with E-state index in [0.717, 1.165) is 21.2 Å². The largest absolute Gasteiger partial charge is 0.504 e. The third-order valence-electron chi connectivity index (χ3n) is 4.23. The first kappa shape index (κ1) is 19.9. The molecular formula is C22H17N3O3S2. The highest BCUT2D eigenvalue weighted by Gasteiger charge is 2.07. The summed E-state index contributed by atoms with van der Waals surface area (Å²) in [7, 11) is 0. The van der Waals surface area contributed by atoms with Gasteiger partial charge in [-0.2, -0.15) is 5.10 Å². The molecule has 30 heavy (non-hydrogen) atoms. The number of para-hydroxylation sites is 1. The number of carbonyl (C=O) groups excluding carboxylic acids is 1. The summed E-state index contributed by atoms with van der Waals surface area (Å²) >= 11 is 3.35. The number of nitrogens with zero attached hydrogens (tertiary/aromatic N) is 2. The number of amides is 1. The van der Waals surface area contributed by atoms with Crippen LogP contribution in [0, 0.1) is 0 Å². The molecular weight excluding hydrogens is 418 g/mol. The summed E-state index contributed by atoms with van der Waals surface area (Å²) in [5.74, 6) is -0.0219. The summed E-state index contributed by atoms with van der Waals surface area (Å²) in [4.78, 5) is 16.8. The van der Waals surface area contributed by atoms with Crippen molar-refractivity contribution in [3.8, 4) is 11.5 Å². The van der Waals surface area contributed by atoms with E-state index in [9.17, 15) is 15.0 Å². The van der Waals surface area contributed by atoms with Crippen LogP contribution in [0.3, 0.4) is 0 Å². The Bertz CT molecular complexity index is 1190. The number of aromatic nitrogens is 1. The molecule has 4 rings (SSSR count). The highest BCUT2D eigenvalue weighted by molar-refractivity contribution is 8.00. The highest BCUT2D eigenvalue weighted by atomic mass is 32.2. The fourth-order valence-corrected chi connectivity index (χ4v) is 4.69. The highest BCUT2D eigenvalue weighted by Crippen LogP contribution is 2.31. The van der Waals surface area contributed by atoms with Crippen LogP contribution < -0.4 is 5.43 Å². The first-order valence-corrected chi connectivity index (χ1v) is 10.8. The molecule has 0 aliphatic heterocycles. The molecule has 0 spiro atoms. The second-order valence-electron chi connectivity index (χ2n) is 6.38. The summed E-state index contributed by atoms with van der Waals surface area (Å²) in [5, 5.41) is 22.6. The molecule has 0 saturated carbocycles.